The number of anilines is 1. The van der Waals surface area contributed by atoms with Gasteiger partial charge in [-0.3, -0.25) is 0 Å². The number of hydrogen-bond donors (Lipinski definition) is 1. The summed E-state index contributed by atoms with van der Waals surface area (Å²) in [7, 11) is 0. The van der Waals surface area contributed by atoms with Gasteiger partial charge >= 0.3 is 0 Å². The molecule has 0 aliphatic rings. The molecule has 0 unspecified atom stereocenters. The third-order valence-corrected chi connectivity index (χ3v) is 2.68. The molecule has 0 fully saturated rings. The van der Waals surface area contributed by atoms with Crippen LogP contribution in [0.3, 0.4) is 0 Å². The van der Waals surface area contributed by atoms with Crippen molar-refractivity contribution in [3.05, 3.63) is 23.9 Å². The molecule has 0 aliphatic carbocycles. The van der Waals surface area contributed by atoms with Crippen LogP contribution in [-0.4, -0.2) is 17.6 Å². The van der Waals surface area contributed by atoms with Gasteiger partial charge in [0.15, 0.2) is 0 Å². The van der Waals surface area contributed by atoms with E-state index >= 15 is 0 Å². The molecule has 0 aliphatic heterocycles. The van der Waals surface area contributed by atoms with Crippen molar-refractivity contribution in [3.8, 4) is 6.07 Å². The fourth-order valence-corrected chi connectivity index (χ4v) is 1.64. The number of hydrogen-bond acceptors (Lipinski definition) is 4. The lowest BCUT2D eigenvalue weighted by atomic mass is 10.1. The Kier molecular flexibility index (Phi) is 4.92. The van der Waals surface area contributed by atoms with Crippen LogP contribution in [0, 0.1) is 11.3 Å². The Morgan fingerprint density at radius 1 is 1.41 bits per heavy atom. The fraction of sp³-hybridized carbons (Fsp3) is 0.538. The average Bonchev–Trinajstić information content (AvgIpc) is 2.29. The molecule has 92 valence electrons. The van der Waals surface area contributed by atoms with Crippen molar-refractivity contribution in [1.82, 2.24) is 4.98 Å². The van der Waals surface area contributed by atoms with Crippen LogP contribution < -0.4 is 10.6 Å². The largest absolute Gasteiger partial charge is 0.353 e. The molecule has 2 N–H and O–H groups in total. The Bertz CT molecular complexity index is 375. The summed E-state index contributed by atoms with van der Waals surface area (Å²) in [5.41, 5.74) is 6.81. The lowest BCUT2D eigenvalue weighted by Crippen LogP contribution is -2.32. The second kappa shape index (κ2) is 6.21. The molecule has 0 amide bonds. The summed E-state index contributed by atoms with van der Waals surface area (Å²) in [6, 6.07) is 6.46. The maximum atomic E-state index is 8.65. The van der Waals surface area contributed by atoms with Crippen molar-refractivity contribution in [3.63, 3.8) is 0 Å². The van der Waals surface area contributed by atoms with E-state index in [0.29, 0.717) is 19.0 Å². The topological polar surface area (TPSA) is 65.9 Å². The third-order valence-electron chi connectivity index (χ3n) is 2.68. The number of nitrogens with two attached hydrogens (primary N) is 1. The van der Waals surface area contributed by atoms with Gasteiger partial charge in [-0.05, 0) is 32.4 Å². The summed E-state index contributed by atoms with van der Waals surface area (Å²) in [4.78, 5) is 6.53. The first-order valence-electron chi connectivity index (χ1n) is 5.91. The summed E-state index contributed by atoms with van der Waals surface area (Å²) < 4.78 is 0. The molecule has 0 saturated heterocycles. The van der Waals surface area contributed by atoms with Gasteiger partial charge in [-0.15, -0.1) is 0 Å². The minimum Gasteiger partial charge on any atom is -0.353 e. The SMILES string of the molecule is CC(C)N(CCC#N)c1ccc([C@@H](C)N)cn1. The lowest BCUT2D eigenvalue weighted by molar-refractivity contribution is 0.675. The zero-order valence-electron chi connectivity index (χ0n) is 10.7. The third kappa shape index (κ3) is 3.72. The van der Waals surface area contributed by atoms with E-state index in [1.165, 1.54) is 0 Å². The first kappa shape index (κ1) is 13.5. The van der Waals surface area contributed by atoms with Crippen molar-refractivity contribution < 1.29 is 0 Å². The van der Waals surface area contributed by atoms with Crippen LogP contribution in [0.5, 0.6) is 0 Å². The average molecular weight is 232 g/mol. The molecule has 0 radical (unpaired) electrons. The molecule has 0 saturated carbocycles. The first-order valence-corrected chi connectivity index (χ1v) is 5.91. The summed E-state index contributed by atoms with van der Waals surface area (Å²) >= 11 is 0. The van der Waals surface area contributed by atoms with E-state index in [0.717, 1.165) is 11.4 Å². The van der Waals surface area contributed by atoms with Crippen LogP contribution in [0.4, 0.5) is 5.82 Å². The van der Waals surface area contributed by atoms with Gasteiger partial charge in [-0.1, -0.05) is 6.07 Å². The molecular weight excluding hydrogens is 212 g/mol. The van der Waals surface area contributed by atoms with Gasteiger partial charge in [-0.2, -0.15) is 5.26 Å². The zero-order valence-corrected chi connectivity index (χ0v) is 10.7. The highest BCUT2D eigenvalue weighted by Crippen LogP contribution is 2.17. The highest BCUT2D eigenvalue weighted by Gasteiger charge is 2.11. The molecule has 0 bridgehead atoms. The highest BCUT2D eigenvalue weighted by molar-refractivity contribution is 5.40. The number of nitrogens with zero attached hydrogens (tertiary/aromatic N) is 3. The van der Waals surface area contributed by atoms with Crippen molar-refractivity contribution >= 4 is 5.82 Å². The summed E-state index contributed by atoms with van der Waals surface area (Å²) in [6.07, 6.45) is 2.32. The smallest absolute Gasteiger partial charge is 0.128 e. The molecule has 17 heavy (non-hydrogen) atoms. The Morgan fingerprint density at radius 2 is 2.12 bits per heavy atom. The number of pyridine rings is 1. The maximum absolute atomic E-state index is 8.65. The molecule has 4 nitrogen and oxygen atoms in total. The van der Waals surface area contributed by atoms with Gasteiger partial charge in [0.25, 0.3) is 0 Å². The molecular formula is C13H20N4. The van der Waals surface area contributed by atoms with Crippen LogP contribution in [-0.2, 0) is 0 Å². The molecule has 1 aromatic heterocycles. The van der Waals surface area contributed by atoms with Crippen LogP contribution in [0.1, 0.15) is 38.8 Å². The summed E-state index contributed by atoms with van der Waals surface area (Å²) in [5.74, 6) is 0.902. The predicted molar refractivity (Wildman–Crippen MR) is 69.6 cm³/mol. The molecule has 1 atom stereocenters. The van der Waals surface area contributed by atoms with E-state index in [9.17, 15) is 0 Å². The van der Waals surface area contributed by atoms with Gasteiger partial charge < -0.3 is 10.6 Å². The van der Waals surface area contributed by atoms with Crippen LogP contribution >= 0.6 is 0 Å². The summed E-state index contributed by atoms with van der Waals surface area (Å²) in [6.45, 7) is 6.84. The highest BCUT2D eigenvalue weighted by atomic mass is 15.2. The van der Waals surface area contributed by atoms with Crippen molar-refractivity contribution in [2.24, 2.45) is 5.73 Å². The summed E-state index contributed by atoms with van der Waals surface area (Å²) in [5, 5.41) is 8.65. The monoisotopic (exact) mass is 232 g/mol. The van der Waals surface area contributed by atoms with Gasteiger partial charge in [0.05, 0.1) is 12.5 Å². The molecule has 0 aromatic carbocycles. The van der Waals surface area contributed by atoms with Crippen molar-refractivity contribution in [1.29, 1.82) is 5.26 Å². The predicted octanol–water partition coefficient (Wildman–Crippen LogP) is 2.23. The molecule has 4 heteroatoms. The first-order chi connectivity index (χ1) is 8.06. The van der Waals surface area contributed by atoms with Crippen molar-refractivity contribution in [2.75, 3.05) is 11.4 Å². The molecule has 1 aromatic rings. The van der Waals surface area contributed by atoms with E-state index in [1.807, 2.05) is 25.3 Å². The second-order valence-electron chi connectivity index (χ2n) is 4.43. The second-order valence-corrected chi connectivity index (χ2v) is 4.43. The van der Waals surface area contributed by atoms with E-state index in [4.69, 9.17) is 11.0 Å². The minimum absolute atomic E-state index is 0.00292. The Labute approximate surface area is 103 Å². The minimum atomic E-state index is 0.00292. The quantitative estimate of drug-likeness (QED) is 0.845. The van der Waals surface area contributed by atoms with E-state index in [2.05, 4.69) is 29.8 Å². The van der Waals surface area contributed by atoms with Crippen LogP contribution in [0.25, 0.3) is 0 Å². The maximum Gasteiger partial charge on any atom is 0.128 e. The van der Waals surface area contributed by atoms with E-state index < -0.39 is 0 Å². The van der Waals surface area contributed by atoms with Gasteiger partial charge in [0.1, 0.15) is 5.82 Å². The molecule has 0 spiro atoms. The normalized spacial score (nSPS) is 12.2. The van der Waals surface area contributed by atoms with Gasteiger partial charge in [-0.25, -0.2) is 4.98 Å². The standard InChI is InChI=1S/C13H20N4/c1-10(2)17(8-4-7-14)13-6-5-12(9-16-13)11(3)15/h5-6,9-11H,4,8,15H2,1-3H3/t11-/m1/s1. The lowest BCUT2D eigenvalue weighted by Gasteiger charge is -2.27. The Hall–Kier alpha value is -1.60. The van der Waals surface area contributed by atoms with Gasteiger partial charge in [0, 0.05) is 24.8 Å². The zero-order chi connectivity index (χ0) is 12.8. The fourth-order valence-electron chi connectivity index (χ4n) is 1.64. The van der Waals surface area contributed by atoms with Crippen LogP contribution in [0.2, 0.25) is 0 Å². The Morgan fingerprint density at radius 3 is 2.53 bits per heavy atom. The van der Waals surface area contributed by atoms with Crippen molar-refractivity contribution in [2.45, 2.75) is 39.3 Å². The molecule has 1 rings (SSSR count). The van der Waals surface area contributed by atoms with E-state index in [-0.39, 0.29) is 6.04 Å². The molecule has 1 heterocycles. The van der Waals surface area contributed by atoms with Crippen LogP contribution in [0.15, 0.2) is 18.3 Å². The van der Waals surface area contributed by atoms with Gasteiger partial charge in [0.2, 0.25) is 0 Å². The number of rotatable bonds is 5. The number of nitriles is 1. The van der Waals surface area contributed by atoms with E-state index in [1.54, 1.807) is 0 Å². The number of aromatic nitrogens is 1. The Balaban J connectivity index is 2.84.